The van der Waals surface area contributed by atoms with Crippen molar-refractivity contribution in [3.05, 3.63) is 53.1 Å². The van der Waals surface area contributed by atoms with Crippen molar-refractivity contribution in [1.82, 2.24) is 0 Å². The van der Waals surface area contributed by atoms with Crippen LogP contribution in [0.25, 0.3) is 6.08 Å². The maximum absolute atomic E-state index is 5.46. The molecule has 1 aliphatic rings. The van der Waals surface area contributed by atoms with E-state index >= 15 is 0 Å². The van der Waals surface area contributed by atoms with Gasteiger partial charge in [0.2, 0.25) is 0 Å². The van der Waals surface area contributed by atoms with Crippen molar-refractivity contribution in [2.75, 3.05) is 28.4 Å². The summed E-state index contributed by atoms with van der Waals surface area (Å²) in [4.78, 5) is 0. The SMILES string of the molecule is COc1ccc(C=CC2=NN=C(C)Cc3cc(OC)c(OC)cc32)cc1OC. The smallest absolute Gasteiger partial charge is 0.161 e. The van der Waals surface area contributed by atoms with Crippen molar-refractivity contribution in [1.29, 1.82) is 0 Å². The summed E-state index contributed by atoms with van der Waals surface area (Å²) >= 11 is 0. The fourth-order valence-corrected chi connectivity index (χ4v) is 3.06. The van der Waals surface area contributed by atoms with E-state index in [1.807, 2.05) is 49.4 Å². The molecule has 2 aromatic carbocycles. The summed E-state index contributed by atoms with van der Waals surface area (Å²) in [7, 11) is 6.49. The van der Waals surface area contributed by atoms with Crippen LogP contribution in [0.4, 0.5) is 0 Å². The fourth-order valence-electron chi connectivity index (χ4n) is 3.06. The third kappa shape index (κ3) is 4.01. The molecular formula is C22H24N2O4. The van der Waals surface area contributed by atoms with Crippen LogP contribution < -0.4 is 18.9 Å². The lowest BCUT2D eigenvalue weighted by atomic mass is 9.97. The van der Waals surface area contributed by atoms with E-state index in [1.165, 1.54) is 0 Å². The van der Waals surface area contributed by atoms with Crippen LogP contribution in [0.2, 0.25) is 0 Å². The van der Waals surface area contributed by atoms with Gasteiger partial charge in [0.25, 0.3) is 0 Å². The number of hydrogen-bond donors (Lipinski definition) is 0. The Morgan fingerprint density at radius 1 is 0.750 bits per heavy atom. The Morgan fingerprint density at radius 2 is 1.39 bits per heavy atom. The Bertz CT molecular complexity index is 961. The molecular weight excluding hydrogens is 356 g/mol. The van der Waals surface area contributed by atoms with Crippen LogP contribution in [-0.2, 0) is 6.42 Å². The fraction of sp³-hybridized carbons (Fsp3) is 0.273. The maximum atomic E-state index is 5.46. The quantitative estimate of drug-likeness (QED) is 0.755. The van der Waals surface area contributed by atoms with Gasteiger partial charge in [-0.3, -0.25) is 0 Å². The molecule has 146 valence electrons. The average molecular weight is 380 g/mol. The molecule has 0 bridgehead atoms. The second-order valence-corrected chi connectivity index (χ2v) is 6.31. The number of allylic oxidation sites excluding steroid dienone is 1. The molecule has 0 saturated heterocycles. The zero-order chi connectivity index (χ0) is 20.1. The van der Waals surface area contributed by atoms with Gasteiger partial charge in [-0.25, -0.2) is 0 Å². The van der Waals surface area contributed by atoms with Gasteiger partial charge < -0.3 is 18.9 Å². The molecule has 0 saturated carbocycles. The molecule has 1 heterocycles. The lowest BCUT2D eigenvalue weighted by molar-refractivity contribution is 0.354. The first kappa shape index (κ1) is 19.5. The minimum absolute atomic E-state index is 0.660. The van der Waals surface area contributed by atoms with Gasteiger partial charge in [0, 0.05) is 17.7 Å². The molecule has 3 rings (SSSR count). The first-order valence-corrected chi connectivity index (χ1v) is 8.86. The van der Waals surface area contributed by atoms with Crippen molar-refractivity contribution in [2.24, 2.45) is 10.2 Å². The first-order valence-electron chi connectivity index (χ1n) is 8.86. The minimum atomic E-state index is 0.660. The molecule has 0 radical (unpaired) electrons. The molecule has 0 aromatic heterocycles. The zero-order valence-electron chi connectivity index (χ0n) is 16.8. The van der Waals surface area contributed by atoms with Crippen LogP contribution in [0, 0.1) is 0 Å². The summed E-state index contributed by atoms with van der Waals surface area (Å²) in [6.45, 7) is 1.96. The lowest BCUT2D eigenvalue weighted by Gasteiger charge is -2.13. The molecule has 28 heavy (non-hydrogen) atoms. The summed E-state index contributed by atoms with van der Waals surface area (Å²) in [5.41, 5.74) is 4.71. The maximum Gasteiger partial charge on any atom is 0.161 e. The van der Waals surface area contributed by atoms with Crippen LogP contribution in [0.1, 0.15) is 23.6 Å². The summed E-state index contributed by atoms with van der Waals surface area (Å²) in [6.07, 6.45) is 4.61. The number of methoxy groups -OCH3 is 4. The number of rotatable bonds is 6. The van der Waals surface area contributed by atoms with E-state index in [4.69, 9.17) is 18.9 Å². The first-order chi connectivity index (χ1) is 13.6. The number of nitrogens with zero attached hydrogens (tertiary/aromatic N) is 2. The molecule has 0 unspecified atom stereocenters. The lowest BCUT2D eigenvalue weighted by Crippen LogP contribution is -2.05. The summed E-state index contributed by atoms with van der Waals surface area (Å²) in [6, 6.07) is 9.67. The van der Waals surface area contributed by atoms with E-state index in [2.05, 4.69) is 10.2 Å². The van der Waals surface area contributed by atoms with Crippen molar-refractivity contribution in [2.45, 2.75) is 13.3 Å². The van der Waals surface area contributed by atoms with E-state index in [1.54, 1.807) is 28.4 Å². The van der Waals surface area contributed by atoms with Crippen LogP contribution >= 0.6 is 0 Å². The number of benzene rings is 2. The van der Waals surface area contributed by atoms with Gasteiger partial charge in [-0.1, -0.05) is 12.1 Å². The molecule has 6 nitrogen and oxygen atoms in total. The van der Waals surface area contributed by atoms with Gasteiger partial charge >= 0.3 is 0 Å². The molecule has 0 amide bonds. The Labute approximate surface area is 165 Å². The number of fused-ring (bicyclic) bond motifs is 1. The largest absolute Gasteiger partial charge is 0.493 e. The molecule has 0 fully saturated rings. The van der Waals surface area contributed by atoms with E-state index < -0.39 is 0 Å². The molecule has 2 aromatic rings. The predicted octanol–water partition coefficient (Wildman–Crippen LogP) is 4.16. The third-order valence-electron chi connectivity index (χ3n) is 4.50. The van der Waals surface area contributed by atoms with Crippen LogP contribution in [0.15, 0.2) is 46.6 Å². The van der Waals surface area contributed by atoms with Crippen molar-refractivity contribution in [3.63, 3.8) is 0 Å². The summed E-state index contributed by atoms with van der Waals surface area (Å²) in [5, 5.41) is 8.76. The van der Waals surface area contributed by atoms with Gasteiger partial charge in [0.15, 0.2) is 23.0 Å². The third-order valence-corrected chi connectivity index (χ3v) is 4.50. The topological polar surface area (TPSA) is 61.6 Å². The zero-order valence-corrected chi connectivity index (χ0v) is 16.8. The van der Waals surface area contributed by atoms with E-state index in [0.717, 1.165) is 28.1 Å². The molecule has 0 atom stereocenters. The standard InChI is InChI=1S/C22H24N2O4/c1-14-10-16-12-21(27-4)22(28-5)13-17(16)18(24-23-14)8-6-15-7-9-19(25-2)20(11-15)26-3/h6-9,11-13H,10H2,1-5H3. The van der Waals surface area contributed by atoms with Gasteiger partial charge in [0.1, 0.15) is 0 Å². The van der Waals surface area contributed by atoms with Crippen LogP contribution in [-0.4, -0.2) is 39.9 Å². The molecule has 0 N–H and O–H groups in total. The molecule has 0 spiro atoms. The highest BCUT2D eigenvalue weighted by Crippen LogP contribution is 2.33. The molecule has 6 heteroatoms. The average Bonchev–Trinajstić information content (AvgIpc) is 2.88. The Kier molecular flexibility index (Phi) is 5.99. The van der Waals surface area contributed by atoms with Crippen molar-refractivity contribution in [3.8, 4) is 23.0 Å². The van der Waals surface area contributed by atoms with Gasteiger partial charge in [-0.2, -0.15) is 10.2 Å². The highest BCUT2D eigenvalue weighted by Gasteiger charge is 2.17. The van der Waals surface area contributed by atoms with Crippen molar-refractivity contribution < 1.29 is 18.9 Å². The Hall–Kier alpha value is -3.28. The second kappa shape index (κ2) is 8.61. The van der Waals surface area contributed by atoms with Gasteiger partial charge in [-0.05, 0) is 48.4 Å². The van der Waals surface area contributed by atoms with Crippen molar-refractivity contribution >= 4 is 17.5 Å². The normalized spacial score (nSPS) is 13.3. The predicted molar refractivity (Wildman–Crippen MR) is 111 cm³/mol. The number of hydrogen-bond acceptors (Lipinski definition) is 6. The highest BCUT2D eigenvalue weighted by molar-refractivity contribution is 6.13. The summed E-state index contributed by atoms with van der Waals surface area (Å²) < 4.78 is 21.6. The Morgan fingerprint density at radius 3 is 2.07 bits per heavy atom. The highest BCUT2D eigenvalue weighted by atomic mass is 16.5. The second-order valence-electron chi connectivity index (χ2n) is 6.31. The monoisotopic (exact) mass is 380 g/mol. The van der Waals surface area contributed by atoms with E-state index in [0.29, 0.717) is 29.4 Å². The van der Waals surface area contributed by atoms with Gasteiger partial charge in [-0.15, -0.1) is 0 Å². The minimum Gasteiger partial charge on any atom is -0.493 e. The number of ether oxygens (including phenoxy) is 4. The van der Waals surface area contributed by atoms with E-state index in [9.17, 15) is 0 Å². The summed E-state index contributed by atoms with van der Waals surface area (Å²) in [5.74, 6) is 2.72. The van der Waals surface area contributed by atoms with E-state index in [-0.39, 0.29) is 0 Å². The van der Waals surface area contributed by atoms with Crippen LogP contribution in [0.5, 0.6) is 23.0 Å². The molecule has 1 aliphatic heterocycles. The molecule has 0 aliphatic carbocycles. The van der Waals surface area contributed by atoms with Crippen LogP contribution in [0.3, 0.4) is 0 Å². The van der Waals surface area contributed by atoms with Gasteiger partial charge in [0.05, 0.1) is 34.2 Å². The Balaban J connectivity index is 2.01.